The van der Waals surface area contributed by atoms with E-state index in [1.165, 1.54) is 5.56 Å². The molecule has 18 heavy (non-hydrogen) atoms. The van der Waals surface area contributed by atoms with Gasteiger partial charge in [-0.2, -0.15) is 0 Å². The van der Waals surface area contributed by atoms with Gasteiger partial charge in [0.05, 0.1) is 16.7 Å². The third kappa shape index (κ3) is 3.43. The summed E-state index contributed by atoms with van der Waals surface area (Å²) in [6, 6.07) is 6.05. The molecule has 0 aliphatic carbocycles. The summed E-state index contributed by atoms with van der Waals surface area (Å²) >= 11 is 6.72. The van der Waals surface area contributed by atoms with Crippen LogP contribution in [-0.2, 0) is 19.5 Å². The van der Waals surface area contributed by atoms with Crippen LogP contribution in [0, 0.1) is 0 Å². The number of hydrogen-bond donors (Lipinski definition) is 1. The lowest BCUT2D eigenvalue weighted by atomic mass is 10.1. The summed E-state index contributed by atoms with van der Waals surface area (Å²) in [5.74, 6) is 0.891. The fourth-order valence-electron chi connectivity index (χ4n) is 1.73. The third-order valence-electron chi connectivity index (χ3n) is 2.65. The molecule has 0 bridgehead atoms. The summed E-state index contributed by atoms with van der Waals surface area (Å²) in [6.45, 7) is 3.57. The SMILES string of the molecule is CCc1cccnc1CNCc1cc(Br)c(Br)o1. The first-order valence-corrected chi connectivity index (χ1v) is 7.36. The van der Waals surface area contributed by atoms with Crippen molar-refractivity contribution in [2.75, 3.05) is 0 Å². The van der Waals surface area contributed by atoms with Gasteiger partial charge in [0.15, 0.2) is 4.67 Å². The quantitative estimate of drug-likeness (QED) is 0.858. The summed E-state index contributed by atoms with van der Waals surface area (Å²) < 4.78 is 7.16. The minimum Gasteiger partial charge on any atom is -0.452 e. The monoisotopic (exact) mass is 372 g/mol. The number of hydrogen-bond acceptors (Lipinski definition) is 3. The predicted octanol–water partition coefficient (Wildman–Crippen LogP) is 4.05. The van der Waals surface area contributed by atoms with Gasteiger partial charge in [0.2, 0.25) is 0 Å². The first kappa shape index (κ1) is 13.8. The minimum atomic E-state index is 0.684. The molecule has 0 unspecified atom stereocenters. The van der Waals surface area contributed by atoms with E-state index in [9.17, 15) is 0 Å². The Morgan fingerprint density at radius 3 is 2.83 bits per heavy atom. The Bertz CT molecular complexity index is 506. The zero-order chi connectivity index (χ0) is 13.0. The fourth-order valence-corrected chi connectivity index (χ4v) is 2.39. The van der Waals surface area contributed by atoms with E-state index >= 15 is 0 Å². The van der Waals surface area contributed by atoms with Crippen LogP contribution in [0.3, 0.4) is 0 Å². The molecule has 0 aliphatic rings. The smallest absolute Gasteiger partial charge is 0.183 e. The Hall–Kier alpha value is -0.650. The number of nitrogens with one attached hydrogen (secondary N) is 1. The largest absolute Gasteiger partial charge is 0.452 e. The van der Waals surface area contributed by atoms with Crippen molar-refractivity contribution in [2.45, 2.75) is 26.4 Å². The van der Waals surface area contributed by atoms with Crippen molar-refractivity contribution in [3.05, 3.63) is 50.6 Å². The van der Waals surface area contributed by atoms with E-state index in [1.54, 1.807) is 0 Å². The van der Waals surface area contributed by atoms with Gasteiger partial charge in [-0.05, 0) is 56.0 Å². The standard InChI is InChI=1S/C13H14Br2N2O/c1-2-9-4-3-5-17-12(9)8-16-7-10-6-11(14)13(15)18-10/h3-6,16H,2,7-8H2,1H3. The normalized spacial score (nSPS) is 10.8. The number of halogens is 2. The zero-order valence-electron chi connectivity index (χ0n) is 10.0. The predicted molar refractivity (Wildman–Crippen MR) is 78.3 cm³/mol. The molecule has 2 heterocycles. The average Bonchev–Trinajstić information content (AvgIpc) is 2.69. The molecule has 96 valence electrons. The first-order chi connectivity index (χ1) is 8.70. The highest BCUT2D eigenvalue weighted by molar-refractivity contribution is 9.13. The molecule has 0 saturated heterocycles. The van der Waals surface area contributed by atoms with E-state index < -0.39 is 0 Å². The molecule has 0 aromatic carbocycles. The molecule has 2 aromatic rings. The topological polar surface area (TPSA) is 38.1 Å². The van der Waals surface area contributed by atoms with E-state index in [4.69, 9.17) is 4.42 Å². The van der Waals surface area contributed by atoms with E-state index in [-0.39, 0.29) is 0 Å². The van der Waals surface area contributed by atoms with E-state index in [0.717, 1.165) is 33.6 Å². The van der Waals surface area contributed by atoms with Crippen LogP contribution in [0.25, 0.3) is 0 Å². The summed E-state index contributed by atoms with van der Waals surface area (Å²) in [6.07, 6.45) is 2.83. The van der Waals surface area contributed by atoms with Crippen LogP contribution >= 0.6 is 31.9 Å². The Kier molecular flexibility index (Phi) is 4.97. The second-order valence-corrected chi connectivity index (χ2v) is 5.48. The van der Waals surface area contributed by atoms with E-state index in [1.807, 2.05) is 18.3 Å². The van der Waals surface area contributed by atoms with Gasteiger partial charge in [0.25, 0.3) is 0 Å². The molecule has 2 aromatic heterocycles. The van der Waals surface area contributed by atoms with Crippen molar-refractivity contribution in [2.24, 2.45) is 0 Å². The second-order valence-electron chi connectivity index (χ2n) is 3.90. The number of pyridine rings is 1. The summed E-state index contributed by atoms with van der Waals surface area (Å²) in [7, 11) is 0. The first-order valence-electron chi connectivity index (χ1n) is 5.78. The maximum atomic E-state index is 5.50. The van der Waals surface area contributed by atoms with Gasteiger partial charge in [-0.1, -0.05) is 13.0 Å². The van der Waals surface area contributed by atoms with Crippen LogP contribution in [0.2, 0.25) is 0 Å². The molecular formula is C13H14Br2N2O. The van der Waals surface area contributed by atoms with Crippen molar-refractivity contribution >= 4 is 31.9 Å². The maximum Gasteiger partial charge on any atom is 0.183 e. The van der Waals surface area contributed by atoms with Gasteiger partial charge < -0.3 is 9.73 Å². The number of nitrogens with zero attached hydrogens (tertiary/aromatic N) is 1. The van der Waals surface area contributed by atoms with Crippen molar-refractivity contribution in [1.82, 2.24) is 10.3 Å². The van der Waals surface area contributed by atoms with Crippen LogP contribution < -0.4 is 5.32 Å². The molecule has 1 N–H and O–H groups in total. The van der Waals surface area contributed by atoms with Crippen LogP contribution in [0.15, 0.2) is 38.0 Å². The Morgan fingerprint density at radius 2 is 2.17 bits per heavy atom. The molecule has 0 aliphatic heterocycles. The Labute approximate surface area is 123 Å². The molecule has 0 radical (unpaired) electrons. The number of furan rings is 1. The number of rotatable bonds is 5. The third-order valence-corrected chi connectivity index (χ3v) is 4.36. The van der Waals surface area contributed by atoms with Crippen molar-refractivity contribution in [1.29, 1.82) is 0 Å². The molecule has 0 amide bonds. The number of aromatic nitrogens is 1. The van der Waals surface area contributed by atoms with Gasteiger partial charge >= 0.3 is 0 Å². The van der Waals surface area contributed by atoms with Gasteiger partial charge in [-0.3, -0.25) is 4.98 Å². The summed E-state index contributed by atoms with van der Waals surface area (Å²) in [4.78, 5) is 4.39. The van der Waals surface area contributed by atoms with Crippen molar-refractivity contribution in [3.63, 3.8) is 0 Å². The Balaban J connectivity index is 1.92. The lowest BCUT2D eigenvalue weighted by Gasteiger charge is -2.06. The van der Waals surface area contributed by atoms with Gasteiger partial charge in [0.1, 0.15) is 5.76 Å². The van der Waals surface area contributed by atoms with Crippen LogP contribution in [0.5, 0.6) is 0 Å². The molecule has 0 atom stereocenters. The lowest BCUT2D eigenvalue weighted by Crippen LogP contribution is -2.14. The second kappa shape index (κ2) is 6.50. The van der Waals surface area contributed by atoms with E-state index in [0.29, 0.717) is 6.54 Å². The van der Waals surface area contributed by atoms with Crippen LogP contribution in [0.1, 0.15) is 23.9 Å². The fraction of sp³-hybridized carbons (Fsp3) is 0.308. The number of aryl methyl sites for hydroxylation is 1. The maximum absolute atomic E-state index is 5.50. The van der Waals surface area contributed by atoms with E-state index in [2.05, 4.69) is 55.2 Å². The minimum absolute atomic E-state index is 0.684. The van der Waals surface area contributed by atoms with Crippen molar-refractivity contribution in [3.8, 4) is 0 Å². The molecule has 0 spiro atoms. The molecule has 5 heteroatoms. The highest BCUT2D eigenvalue weighted by Gasteiger charge is 2.06. The van der Waals surface area contributed by atoms with Crippen LogP contribution in [0.4, 0.5) is 0 Å². The van der Waals surface area contributed by atoms with Gasteiger partial charge in [-0.15, -0.1) is 0 Å². The zero-order valence-corrected chi connectivity index (χ0v) is 13.2. The molecule has 0 saturated carbocycles. The lowest BCUT2D eigenvalue weighted by molar-refractivity contribution is 0.463. The molecule has 2 rings (SSSR count). The Morgan fingerprint density at radius 1 is 1.33 bits per heavy atom. The molecule has 3 nitrogen and oxygen atoms in total. The summed E-state index contributed by atoms with van der Waals surface area (Å²) in [5, 5.41) is 3.34. The summed E-state index contributed by atoms with van der Waals surface area (Å²) in [5.41, 5.74) is 2.39. The van der Waals surface area contributed by atoms with Crippen molar-refractivity contribution < 1.29 is 4.42 Å². The highest BCUT2D eigenvalue weighted by atomic mass is 79.9. The van der Waals surface area contributed by atoms with Gasteiger partial charge in [0, 0.05) is 12.7 Å². The van der Waals surface area contributed by atoms with Crippen LogP contribution in [-0.4, -0.2) is 4.98 Å². The highest BCUT2D eigenvalue weighted by Crippen LogP contribution is 2.26. The van der Waals surface area contributed by atoms with Gasteiger partial charge in [-0.25, -0.2) is 0 Å². The molecule has 0 fully saturated rings. The molecular weight excluding hydrogens is 360 g/mol. The average molecular weight is 374 g/mol.